The van der Waals surface area contributed by atoms with Crippen molar-refractivity contribution >= 4 is 21.6 Å². The lowest BCUT2D eigenvalue weighted by Gasteiger charge is -2.28. The SMILES string of the molecule is Cc1ccc(N(C)CCCN2CCNCC2)cc1Br. The second kappa shape index (κ2) is 7.27. The maximum absolute atomic E-state index is 3.60. The van der Waals surface area contributed by atoms with E-state index in [-0.39, 0.29) is 0 Å². The average Bonchev–Trinajstić information content (AvgIpc) is 2.43. The van der Waals surface area contributed by atoms with Crippen LogP contribution >= 0.6 is 15.9 Å². The second-order valence-corrected chi connectivity index (χ2v) is 6.15. The third-order valence-corrected chi connectivity index (χ3v) is 4.63. The number of nitrogens with zero attached hydrogens (tertiary/aromatic N) is 2. The van der Waals surface area contributed by atoms with Crippen LogP contribution in [0.25, 0.3) is 0 Å². The molecule has 0 aliphatic carbocycles. The van der Waals surface area contributed by atoms with Gasteiger partial charge in [-0.05, 0) is 37.6 Å². The highest BCUT2D eigenvalue weighted by molar-refractivity contribution is 9.10. The van der Waals surface area contributed by atoms with Crippen molar-refractivity contribution in [2.24, 2.45) is 0 Å². The number of hydrogen-bond donors (Lipinski definition) is 1. The summed E-state index contributed by atoms with van der Waals surface area (Å²) < 4.78 is 1.19. The zero-order valence-electron chi connectivity index (χ0n) is 12.0. The molecule has 1 aliphatic rings. The Labute approximate surface area is 125 Å². The predicted molar refractivity (Wildman–Crippen MR) is 86.1 cm³/mol. The minimum atomic E-state index is 1.11. The fourth-order valence-corrected chi connectivity index (χ4v) is 2.78. The quantitative estimate of drug-likeness (QED) is 0.897. The van der Waals surface area contributed by atoms with Crippen molar-refractivity contribution in [3.8, 4) is 0 Å². The number of hydrogen-bond acceptors (Lipinski definition) is 3. The van der Waals surface area contributed by atoms with E-state index in [9.17, 15) is 0 Å². The van der Waals surface area contributed by atoms with E-state index < -0.39 is 0 Å². The summed E-state index contributed by atoms with van der Waals surface area (Å²) in [6, 6.07) is 6.58. The highest BCUT2D eigenvalue weighted by Gasteiger charge is 2.09. The van der Waals surface area contributed by atoms with Crippen LogP contribution in [0.1, 0.15) is 12.0 Å². The lowest BCUT2D eigenvalue weighted by atomic mass is 10.2. The predicted octanol–water partition coefficient (Wildman–Crippen LogP) is 2.49. The molecule has 0 bridgehead atoms. The molecule has 0 saturated carbocycles. The summed E-state index contributed by atoms with van der Waals surface area (Å²) in [6.45, 7) is 9.11. The Morgan fingerprint density at radius 1 is 1.32 bits per heavy atom. The molecular formula is C15H24BrN3. The van der Waals surface area contributed by atoms with Gasteiger partial charge in [0.2, 0.25) is 0 Å². The van der Waals surface area contributed by atoms with Crippen LogP contribution in [0.2, 0.25) is 0 Å². The van der Waals surface area contributed by atoms with Gasteiger partial charge in [0.1, 0.15) is 0 Å². The van der Waals surface area contributed by atoms with Gasteiger partial charge in [0.25, 0.3) is 0 Å². The third-order valence-electron chi connectivity index (χ3n) is 3.77. The fourth-order valence-electron chi connectivity index (χ4n) is 2.41. The Morgan fingerprint density at radius 3 is 2.74 bits per heavy atom. The molecule has 106 valence electrons. The maximum atomic E-state index is 3.60. The Hall–Kier alpha value is -0.580. The van der Waals surface area contributed by atoms with Gasteiger partial charge in [0.05, 0.1) is 0 Å². The van der Waals surface area contributed by atoms with Crippen LogP contribution in [-0.2, 0) is 0 Å². The normalized spacial score (nSPS) is 16.6. The van der Waals surface area contributed by atoms with Gasteiger partial charge in [-0.25, -0.2) is 0 Å². The third kappa shape index (κ3) is 4.48. The number of benzene rings is 1. The lowest BCUT2D eigenvalue weighted by Crippen LogP contribution is -2.44. The molecule has 3 nitrogen and oxygen atoms in total. The summed E-state index contributed by atoms with van der Waals surface area (Å²) in [5.74, 6) is 0. The molecule has 0 amide bonds. The molecule has 0 spiro atoms. The highest BCUT2D eigenvalue weighted by Crippen LogP contribution is 2.22. The molecule has 1 aromatic carbocycles. The fraction of sp³-hybridized carbons (Fsp3) is 0.600. The number of halogens is 1. The molecule has 0 atom stereocenters. The Morgan fingerprint density at radius 2 is 2.05 bits per heavy atom. The highest BCUT2D eigenvalue weighted by atomic mass is 79.9. The van der Waals surface area contributed by atoms with Crippen LogP contribution in [0.4, 0.5) is 5.69 Å². The van der Waals surface area contributed by atoms with Crippen LogP contribution in [-0.4, -0.2) is 51.2 Å². The van der Waals surface area contributed by atoms with Gasteiger partial charge in [-0.2, -0.15) is 0 Å². The average molecular weight is 326 g/mol. The summed E-state index contributed by atoms with van der Waals surface area (Å²) in [4.78, 5) is 4.89. The zero-order chi connectivity index (χ0) is 13.7. The van der Waals surface area contributed by atoms with Gasteiger partial charge >= 0.3 is 0 Å². The molecule has 4 heteroatoms. The standard InChI is InChI=1S/C15H24BrN3/c1-13-4-5-14(12-15(13)16)18(2)8-3-9-19-10-6-17-7-11-19/h4-5,12,17H,3,6-11H2,1-2H3. The largest absolute Gasteiger partial charge is 0.375 e. The summed E-state index contributed by atoms with van der Waals surface area (Å²) in [7, 11) is 2.18. The monoisotopic (exact) mass is 325 g/mol. The van der Waals surface area contributed by atoms with E-state index in [0.717, 1.165) is 19.6 Å². The van der Waals surface area contributed by atoms with Crippen molar-refractivity contribution in [1.29, 1.82) is 0 Å². The lowest BCUT2D eigenvalue weighted by molar-refractivity contribution is 0.239. The van der Waals surface area contributed by atoms with Crippen LogP contribution < -0.4 is 10.2 Å². The first-order valence-electron chi connectivity index (χ1n) is 7.07. The van der Waals surface area contributed by atoms with E-state index in [1.54, 1.807) is 0 Å². The number of rotatable bonds is 5. The molecule has 1 heterocycles. The van der Waals surface area contributed by atoms with E-state index in [4.69, 9.17) is 0 Å². The van der Waals surface area contributed by atoms with Crippen molar-refractivity contribution in [1.82, 2.24) is 10.2 Å². The number of aryl methyl sites for hydroxylation is 1. The van der Waals surface area contributed by atoms with Crippen molar-refractivity contribution < 1.29 is 0 Å². The molecule has 2 rings (SSSR count). The Bertz CT molecular complexity index is 402. The van der Waals surface area contributed by atoms with Gasteiger partial charge < -0.3 is 15.1 Å². The van der Waals surface area contributed by atoms with Crippen molar-refractivity contribution in [2.75, 3.05) is 51.2 Å². The van der Waals surface area contributed by atoms with Gasteiger partial charge in [0.15, 0.2) is 0 Å². The summed E-state index contributed by atoms with van der Waals surface area (Å²) in [6.07, 6.45) is 1.22. The molecule has 0 unspecified atom stereocenters. The molecular weight excluding hydrogens is 302 g/mol. The molecule has 1 fully saturated rings. The Balaban J connectivity index is 1.76. The van der Waals surface area contributed by atoms with Crippen LogP contribution in [0.15, 0.2) is 22.7 Å². The van der Waals surface area contributed by atoms with Crippen LogP contribution in [0.3, 0.4) is 0 Å². The first-order valence-corrected chi connectivity index (χ1v) is 7.86. The first-order chi connectivity index (χ1) is 9.16. The van der Waals surface area contributed by atoms with Crippen molar-refractivity contribution in [2.45, 2.75) is 13.3 Å². The topological polar surface area (TPSA) is 18.5 Å². The van der Waals surface area contributed by atoms with Gasteiger partial charge in [-0.15, -0.1) is 0 Å². The van der Waals surface area contributed by atoms with E-state index in [0.29, 0.717) is 0 Å². The molecule has 1 aliphatic heterocycles. The summed E-state index contributed by atoms with van der Waals surface area (Å²) >= 11 is 3.60. The minimum Gasteiger partial charge on any atom is -0.375 e. The van der Waals surface area contributed by atoms with Crippen LogP contribution in [0.5, 0.6) is 0 Å². The number of piperazine rings is 1. The molecule has 1 N–H and O–H groups in total. The molecule has 0 aromatic heterocycles. The number of nitrogens with one attached hydrogen (secondary N) is 1. The van der Waals surface area contributed by atoms with Crippen molar-refractivity contribution in [3.63, 3.8) is 0 Å². The maximum Gasteiger partial charge on any atom is 0.0375 e. The molecule has 1 aromatic rings. The van der Waals surface area contributed by atoms with E-state index in [1.807, 2.05) is 0 Å². The molecule has 0 radical (unpaired) electrons. The summed E-state index contributed by atoms with van der Waals surface area (Å²) in [5, 5.41) is 3.39. The van der Waals surface area contributed by atoms with Gasteiger partial charge in [-0.3, -0.25) is 0 Å². The second-order valence-electron chi connectivity index (χ2n) is 5.30. The summed E-state index contributed by atoms with van der Waals surface area (Å²) in [5.41, 5.74) is 2.58. The van der Waals surface area contributed by atoms with Gasteiger partial charge in [-0.1, -0.05) is 22.0 Å². The van der Waals surface area contributed by atoms with E-state index in [1.165, 1.54) is 41.8 Å². The van der Waals surface area contributed by atoms with Crippen molar-refractivity contribution in [3.05, 3.63) is 28.2 Å². The smallest absolute Gasteiger partial charge is 0.0375 e. The van der Waals surface area contributed by atoms with Crippen LogP contribution in [0, 0.1) is 6.92 Å². The number of anilines is 1. The van der Waals surface area contributed by atoms with Gasteiger partial charge in [0, 0.05) is 49.9 Å². The first kappa shape index (κ1) is 14.8. The molecule has 19 heavy (non-hydrogen) atoms. The zero-order valence-corrected chi connectivity index (χ0v) is 13.5. The Kier molecular flexibility index (Phi) is 5.67. The molecule has 1 saturated heterocycles. The van der Waals surface area contributed by atoms with E-state index >= 15 is 0 Å². The minimum absolute atomic E-state index is 1.11. The van der Waals surface area contributed by atoms with E-state index in [2.05, 4.69) is 63.2 Å².